The molecule has 1 heterocycles. The number of aliphatic carboxylic acids is 1. The number of rotatable bonds is 5. The van der Waals surface area contributed by atoms with Crippen molar-refractivity contribution in [3.05, 3.63) is 65.6 Å². The maximum absolute atomic E-state index is 13.5. The van der Waals surface area contributed by atoms with Crippen molar-refractivity contribution in [2.24, 2.45) is 23.7 Å². The number of benzene rings is 1. The van der Waals surface area contributed by atoms with Crippen molar-refractivity contribution in [3.8, 4) is 0 Å². The van der Waals surface area contributed by atoms with E-state index >= 15 is 0 Å². The summed E-state index contributed by atoms with van der Waals surface area (Å²) >= 11 is 6.33. The number of carbonyl (C=O) groups excluding carboxylic acids is 1. The van der Waals surface area contributed by atoms with E-state index in [4.69, 9.17) is 16.0 Å². The summed E-state index contributed by atoms with van der Waals surface area (Å²) in [5.74, 6) is -1.94. The van der Waals surface area contributed by atoms with E-state index in [1.165, 1.54) is 0 Å². The van der Waals surface area contributed by atoms with Gasteiger partial charge in [-0.25, -0.2) is 0 Å². The number of hydrogen-bond donors (Lipinski definition) is 1. The van der Waals surface area contributed by atoms with Crippen LogP contribution >= 0.6 is 11.6 Å². The van der Waals surface area contributed by atoms with Gasteiger partial charge in [0.15, 0.2) is 0 Å². The van der Waals surface area contributed by atoms with Gasteiger partial charge in [0, 0.05) is 0 Å². The molecule has 1 fully saturated rings. The van der Waals surface area contributed by atoms with Gasteiger partial charge in [-0.05, 0) is 42.5 Å². The van der Waals surface area contributed by atoms with E-state index in [0.29, 0.717) is 22.9 Å². The van der Waals surface area contributed by atoms with Crippen LogP contribution in [0.15, 0.2) is 59.2 Å². The smallest absolute Gasteiger partial charge is 0.307 e. The molecule has 0 radical (unpaired) electrons. The van der Waals surface area contributed by atoms with Crippen LogP contribution in [-0.4, -0.2) is 17.0 Å². The molecule has 26 heavy (non-hydrogen) atoms. The average molecular weight is 372 g/mol. The summed E-state index contributed by atoms with van der Waals surface area (Å²) in [6.45, 7) is 0.208. The molecule has 2 bridgehead atoms. The highest BCUT2D eigenvalue weighted by atomic mass is 35.5. The number of hydrogen-bond acceptors (Lipinski definition) is 3. The van der Waals surface area contributed by atoms with Crippen LogP contribution < -0.4 is 4.90 Å². The Labute approximate surface area is 155 Å². The fraction of sp³-hybridized carbons (Fsp3) is 0.300. The molecule has 4 unspecified atom stereocenters. The van der Waals surface area contributed by atoms with Crippen LogP contribution in [0.25, 0.3) is 0 Å². The lowest BCUT2D eigenvalue weighted by molar-refractivity contribution is -0.147. The van der Waals surface area contributed by atoms with Gasteiger partial charge in [-0.1, -0.05) is 35.9 Å². The Morgan fingerprint density at radius 3 is 2.50 bits per heavy atom. The van der Waals surface area contributed by atoms with Crippen LogP contribution in [0.4, 0.5) is 5.69 Å². The van der Waals surface area contributed by atoms with Crippen molar-refractivity contribution in [2.75, 3.05) is 4.90 Å². The molecule has 2 aliphatic carbocycles. The lowest BCUT2D eigenvalue weighted by Gasteiger charge is -2.31. The van der Waals surface area contributed by atoms with Crippen LogP contribution in [0.3, 0.4) is 0 Å². The van der Waals surface area contributed by atoms with E-state index in [2.05, 4.69) is 0 Å². The molecule has 2 aliphatic rings. The van der Waals surface area contributed by atoms with Gasteiger partial charge in [0.1, 0.15) is 5.76 Å². The van der Waals surface area contributed by atoms with E-state index in [9.17, 15) is 14.7 Å². The standard InChI is InChI=1S/C20H18ClNO4/c21-15-5-1-2-6-16(15)22(11-14-4-3-9-26-14)19(23)17-12-7-8-13(10-12)18(17)20(24)25/h1-9,12-13,17-18H,10-11H2,(H,24,25). The molecule has 6 heteroatoms. The number of anilines is 1. The maximum Gasteiger partial charge on any atom is 0.307 e. The molecular weight excluding hydrogens is 354 g/mol. The number of para-hydroxylation sites is 1. The topological polar surface area (TPSA) is 70.8 Å². The van der Waals surface area contributed by atoms with E-state index in [-0.39, 0.29) is 24.3 Å². The molecular formula is C20H18ClNO4. The van der Waals surface area contributed by atoms with Crippen molar-refractivity contribution in [1.82, 2.24) is 0 Å². The third kappa shape index (κ3) is 2.82. The monoisotopic (exact) mass is 371 g/mol. The summed E-state index contributed by atoms with van der Waals surface area (Å²) < 4.78 is 5.41. The molecule has 1 aromatic heterocycles. The predicted molar refractivity (Wildman–Crippen MR) is 96.7 cm³/mol. The van der Waals surface area contributed by atoms with Gasteiger partial charge < -0.3 is 14.4 Å². The summed E-state index contributed by atoms with van der Waals surface area (Å²) in [6.07, 6.45) is 6.17. The highest BCUT2D eigenvalue weighted by Gasteiger charge is 2.52. The summed E-state index contributed by atoms with van der Waals surface area (Å²) in [5.41, 5.74) is 0.562. The summed E-state index contributed by atoms with van der Waals surface area (Å²) in [4.78, 5) is 26.8. The summed E-state index contributed by atoms with van der Waals surface area (Å²) in [6, 6.07) is 10.6. The zero-order chi connectivity index (χ0) is 18.3. The first-order valence-corrected chi connectivity index (χ1v) is 8.93. The van der Waals surface area contributed by atoms with Gasteiger partial charge in [0.05, 0.1) is 35.4 Å². The van der Waals surface area contributed by atoms with E-state index in [1.54, 1.807) is 47.6 Å². The molecule has 0 spiro atoms. The van der Waals surface area contributed by atoms with Crippen molar-refractivity contribution < 1.29 is 19.1 Å². The highest BCUT2D eigenvalue weighted by molar-refractivity contribution is 6.33. The van der Waals surface area contributed by atoms with Crippen LogP contribution in [0, 0.1) is 23.7 Å². The number of nitrogens with zero attached hydrogens (tertiary/aromatic N) is 1. The maximum atomic E-state index is 13.5. The molecule has 1 N–H and O–H groups in total. The molecule has 0 aliphatic heterocycles. The minimum Gasteiger partial charge on any atom is -0.481 e. The van der Waals surface area contributed by atoms with Gasteiger partial charge >= 0.3 is 5.97 Å². The number of carboxylic acid groups (broad SMARTS) is 1. The molecule has 134 valence electrons. The van der Waals surface area contributed by atoms with Crippen LogP contribution in [0.1, 0.15) is 12.2 Å². The number of fused-ring (bicyclic) bond motifs is 2. The molecule has 4 atom stereocenters. The van der Waals surface area contributed by atoms with E-state index in [0.717, 1.165) is 0 Å². The largest absolute Gasteiger partial charge is 0.481 e. The highest BCUT2D eigenvalue weighted by Crippen LogP contribution is 2.49. The number of amides is 1. The zero-order valence-electron chi connectivity index (χ0n) is 13.9. The molecule has 1 amide bonds. The molecule has 1 aromatic carbocycles. The number of carbonyl (C=O) groups is 2. The lowest BCUT2D eigenvalue weighted by Crippen LogP contribution is -2.43. The van der Waals surface area contributed by atoms with E-state index < -0.39 is 17.8 Å². The lowest BCUT2D eigenvalue weighted by atomic mass is 9.82. The fourth-order valence-electron chi connectivity index (χ4n) is 4.19. The van der Waals surface area contributed by atoms with E-state index in [1.807, 2.05) is 12.2 Å². The van der Waals surface area contributed by atoms with Gasteiger partial charge in [0.2, 0.25) is 5.91 Å². The second kappa shape index (κ2) is 6.65. The Morgan fingerprint density at radius 2 is 1.85 bits per heavy atom. The Bertz CT molecular complexity index is 860. The average Bonchev–Trinajstić information content (AvgIpc) is 3.36. The Morgan fingerprint density at radius 1 is 1.12 bits per heavy atom. The first kappa shape index (κ1) is 16.9. The van der Waals surface area contributed by atoms with Crippen molar-refractivity contribution in [1.29, 1.82) is 0 Å². The third-order valence-electron chi connectivity index (χ3n) is 5.33. The second-order valence-electron chi connectivity index (χ2n) is 6.79. The Balaban J connectivity index is 1.71. The van der Waals surface area contributed by atoms with Crippen molar-refractivity contribution in [2.45, 2.75) is 13.0 Å². The summed E-state index contributed by atoms with van der Waals surface area (Å²) in [5, 5.41) is 10.1. The third-order valence-corrected chi connectivity index (χ3v) is 5.65. The molecule has 4 rings (SSSR count). The van der Waals surface area contributed by atoms with Gasteiger partial charge in [-0.3, -0.25) is 9.59 Å². The van der Waals surface area contributed by atoms with Crippen molar-refractivity contribution >= 4 is 29.2 Å². The molecule has 0 saturated heterocycles. The SMILES string of the molecule is O=C(O)C1C2C=CC(C2)C1C(=O)N(Cc1ccco1)c1ccccc1Cl. The predicted octanol–water partition coefficient (Wildman–Crippen LogP) is 3.99. The zero-order valence-corrected chi connectivity index (χ0v) is 14.7. The van der Waals surface area contributed by atoms with Crippen molar-refractivity contribution in [3.63, 3.8) is 0 Å². The Hall–Kier alpha value is -2.53. The quantitative estimate of drug-likeness (QED) is 0.807. The van der Waals surface area contributed by atoms with Gasteiger partial charge in [0.25, 0.3) is 0 Å². The minimum atomic E-state index is -0.919. The van der Waals surface area contributed by atoms with Gasteiger partial charge in [-0.2, -0.15) is 0 Å². The number of allylic oxidation sites excluding steroid dienone is 2. The normalized spacial score (nSPS) is 26.2. The van der Waals surface area contributed by atoms with Crippen LogP contribution in [-0.2, 0) is 16.1 Å². The minimum absolute atomic E-state index is 0.0461. The van der Waals surface area contributed by atoms with Crippen LogP contribution in [0.2, 0.25) is 5.02 Å². The summed E-state index contributed by atoms with van der Waals surface area (Å²) in [7, 11) is 0. The first-order valence-electron chi connectivity index (χ1n) is 8.55. The van der Waals surface area contributed by atoms with Crippen LogP contribution in [0.5, 0.6) is 0 Å². The number of halogens is 1. The number of carboxylic acids is 1. The number of furan rings is 1. The van der Waals surface area contributed by atoms with Gasteiger partial charge in [-0.15, -0.1) is 0 Å². The molecule has 5 nitrogen and oxygen atoms in total. The fourth-order valence-corrected chi connectivity index (χ4v) is 4.42. The molecule has 1 saturated carbocycles. The molecule has 2 aromatic rings. The second-order valence-corrected chi connectivity index (χ2v) is 7.20. The Kier molecular flexibility index (Phi) is 4.32. The first-order chi connectivity index (χ1) is 12.6.